The highest BCUT2D eigenvalue weighted by Gasteiger charge is 1.98. The molecule has 1 atom stereocenters. The lowest BCUT2D eigenvalue weighted by Crippen LogP contribution is -2.15. The second kappa shape index (κ2) is 14.7. The van der Waals surface area contributed by atoms with Crippen LogP contribution in [0.1, 0.15) is 75.8 Å². The average Bonchev–Trinajstić information content (AvgIpc) is 2.58. The van der Waals surface area contributed by atoms with E-state index in [1.54, 1.807) is 0 Å². The van der Waals surface area contributed by atoms with Crippen LogP contribution in [-0.4, -0.2) is 17.6 Å². The van der Waals surface area contributed by atoms with E-state index in [9.17, 15) is 4.57 Å². The standard InChI is InChI=1S/C20H36NO2P/c1-2-3-4-5-6-7-8-9-11-19-12-14-20(15-13-19)18-21-16-10-17-24(22)23/h12-15,21,24H,2-11,16-18H2,1H3,(H,22,23). The highest BCUT2D eigenvalue weighted by Crippen LogP contribution is 2.13. The molecular formula is C20H36NO2P. The van der Waals surface area contributed by atoms with Gasteiger partial charge in [-0.1, -0.05) is 76.1 Å². The first kappa shape index (κ1) is 21.4. The van der Waals surface area contributed by atoms with Crippen LogP contribution in [0, 0.1) is 0 Å². The first-order chi connectivity index (χ1) is 11.7. The van der Waals surface area contributed by atoms with Crippen molar-refractivity contribution < 1.29 is 9.46 Å². The van der Waals surface area contributed by atoms with Gasteiger partial charge in [0.2, 0.25) is 0 Å². The van der Waals surface area contributed by atoms with Gasteiger partial charge in [0.1, 0.15) is 0 Å². The fourth-order valence-electron chi connectivity index (χ4n) is 2.88. The third-order valence-electron chi connectivity index (χ3n) is 4.42. The molecule has 0 amide bonds. The molecule has 0 aromatic heterocycles. The average molecular weight is 353 g/mol. The molecule has 0 saturated heterocycles. The van der Waals surface area contributed by atoms with Crippen molar-refractivity contribution in [1.29, 1.82) is 0 Å². The van der Waals surface area contributed by atoms with Crippen LogP contribution in [0.4, 0.5) is 0 Å². The van der Waals surface area contributed by atoms with Gasteiger partial charge in [0.25, 0.3) is 0 Å². The normalized spacial score (nSPS) is 12.4. The molecule has 3 nitrogen and oxygen atoms in total. The molecular weight excluding hydrogens is 317 g/mol. The zero-order valence-electron chi connectivity index (χ0n) is 15.4. The Labute approximate surface area is 149 Å². The molecule has 0 aliphatic heterocycles. The number of benzene rings is 1. The molecule has 0 aliphatic carbocycles. The zero-order chi connectivity index (χ0) is 17.5. The van der Waals surface area contributed by atoms with Crippen molar-refractivity contribution in [1.82, 2.24) is 5.32 Å². The Balaban J connectivity index is 2.04. The van der Waals surface area contributed by atoms with Crippen LogP contribution in [0.25, 0.3) is 0 Å². The molecule has 0 fully saturated rings. The maximum atomic E-state index is 10.6. The van der Waals surface area contributed by atoms with Crippen molar-refractivity contribution in [3.8, 4) is 0 Å². The molecule has 0 aliphatic rings. The summed E-state index contributed by atoms with van der Waals surface area (Å²) >= 11 is 0. The summed E-state index contributed by atoms with van der Waals surface area (Å²) in [7, 11) is -2.29. The van der Waals surface area contributed by atoms with Crippen LogP contribution < -0.4 is 5.32 Å². The molecule has 24 heavy (non-hydrogen) atoms. The van der Waals surface area contributed by atoms with Crippen LogP contribution in [-0.2, 0) is 17.5 Å². The summed E-state index contributed by atoms with van der Waals surface area (Å²) in [6, 6.07) is 8.87. The highest BCUT2D eigenvalue weighted by molar-refractivity contribution is 7.37. The summed E-state index contributed by atoms with van der Waals surface area (Å²) in [6.45, 7) is 3.91. The fraction of sp³-hybridized carbons (Fsp3) is 0.700. The lowest BCUT2D eigenvalue weighted by atomic mass is 10.0. The maximum Gasteiger partial charge on any atom is 0.189 e. The smallest absolute Gasteiger partial charge is 0.189 e. The van der Waals surface area contributed by atoms with Gasteiger partial charge in [-0.25, -0.2) is 0 Å². The van der Waals surface area contributed by atoms with Crippen LogP contribution in [0.5, 0.6) is 0 Å². The Morgan fingerprint density at radius 3 is 2.08 bits per heavy atom. The van der Waals surface area contributed by atoms with E-state index in [0.29, 0.717) is 6.16 Å². The van der Waals surface area contributed by atoms with Crippen LogP contribution in [0.15, 0.2) is 24.3 Å². The SMILES string of the molecule is CCCCCCCCCCc1ccc(CNCCC[PH](=O)O)cc1. The fourth-order valence-corrected chi connectivity index (χ4v) is 3.36. The lowest BCUT2D eigenvalue weighted by molar-refractivity contribution is 0.499. The molecule has 1 aromatic rings. The van der Waals surface area contributed by atoms with Crippen molar-refractivity contribution in [3.05, 3.63) is 35.4 Å². The molecule has 138 valence electrons. The highest BCUT2D eigenvalue weighted by atomic mass is 31.1. The third kappa shape index (κ3) is 11.8. The zero-order valence-corrected chi connectivity index (χ0v) is 16.4. The largest absolute Gasteiger partial charge is 0.346 e. The van der Waals surface area contributed by atoms with E-state index >= 15 is 0 Å². The summed E-state index contributed by atoms with van der Waals surface area (Å²) in [5, 5.41) is 3.32. The maximum absolute atomic E-state index is 10.6. The van der Waals surface area contributed by atoms with E-state index in [-0.39, 0.29) is 0 Å². The van der Waals surface area contributed by atoms with Crippen LogP contribution in [0.2, 0.25) is 0 Å². The predicted molar refractivity (Wildman–Crippen MR) is 105 cm³/mol. The number of rotatable bonds is 15. The number of hydrogen-bond donors (Lipinski definition) is 2. The van der Waals surface area contributed by atoms with Crippen molar-refractivity contribution in [2.24, 2.45) is 0 Å². The van der Waals surface area contributed by atoms with Gasteiger partial charge in [-0.2, -0.15) is 0 Å². The van der Waals surface area contributed by atoms with Gasteiger partial charge in [0.05, 0.1) is 0 Å². The molecule has 0 saturated carbocycles. The summed E-state index contributed by atoms with van der Waals surface area (Å²) in [4.78, 5) is 8.77. The molecule has 0 heterocycles. The molecule has 4 heteroatoms. The Bertz CT molecular complexity index is 434. The van der Waals surface area contributed by atoms with E-state index in [2.05, 4.69) is 36.5 Å². The monoisotopic (exact) mass is 353 g/mol. The molecule has 1 unspecified atom stereocenters. The Kier molecular flexibility index (Phi) is 13.1. The molecule has 0 bridgehead atoms. The second-order valence-electron chi connectivity index (χ2n) is 6.72. The minimum Gasteiger partial charge on any atom is -0.346 e. The predicted octanol–water partition coefficient (Wildman–Crippen LogP) is 5.32. The molecule has 1 rings (SSSR count). The van der Waals surface area contributed by atoms with Crippen molar-refractivity contribution in [2.75, 3.05) is 12.7 Å². The van der Waals surface area contributed by atoms with Gasteiger partial charge >= 0.3 is 0 Å². The topological polar surface area (TPSA) is 49.3 Å². The summed E-state index contributed by atoms with van der Waals surface area (Å²) in [5.74, 6) is 0. The van der Waals surface area contributed by atoms with Gasteiger partial charge in [-0.05, 0) is 36.9 Å². The summed E-state index contributed by atoms with van der Waals surface area (Å²) < 4.78 is 10.6. The number of unbranched alkanes of at least 4 members (excludes halogenated alkanes) is 7. The van der Waals surface area contributed by atoms with E-state index in [1.807, 2.05) is 0 Å². The van der Waals surface area contributed by atoms with E-state index < -0.39 is 8.03 Å². The number of nitrogens with one attached hydrogen (secondary N) is 1. The Morgan fingerprint density at radius 1 is 0.875 bits per heavy atom. The Hall–Kier alpha value is -0.630. The lowest BCUT2D eigenvalue weighted by Gasteiger charge is -2.06. The number of hydrogen-bond acceptors (Lipinski definition) is 2. The van der Waals surface area contributed by atoms with Gasteiger partial charge in [-0.15, -0.1) is 0 Å². The molecule has 0 radical (unpaired) electrons. The third-order valence-corrected chi connectivity index (χ3v) is 5.20. The summed E-state index contributed by atoms with van der Waals surface area (Å²) in [6.07, 6.45) is 13.3. The first-order valence-electron chi connectivity index (χ1n) is 9.72. The number of aryl methyl sites for hydroxylation is 1. The second-order valence-corrected chi connectivity index (χ2v) is 8.00. The van der Waals surface area contributed by atoms with Crippen molar-refractivity contribution >= 4 is 8.03 Å². The quantitative estimate of drug-likeness (QED) is 0.331. The molecule has 0 spiro atoms. The van der Waals surface area contributed by atoms with Crippen molar-refractivity contribution in [3.63, 3.8) is 0 Å². The van der Waals surface area contributed by atoms with Crippen molar-refractivity contribution in [2.45, 2.75) is 77.7 Å². The van der Waals surface area contributed by atoms with E-state index in [0.717, 1.165) is 19.5 Å². The van der Waals surface area contributed by atoms with Gasteiger partial charge in [-0.3, -0.25) is 4.57 Å². The van der Waals surface area contributed by atoms with E-state index in [1.165, 1.54) is 68.9 Å². The van der Waals surface area contributed by atoms with E-state index in [4.69, 9.17) is 4.89 Å². The van der Waals surface area contributed by atoms with Gasteiger partial charge < -0.3 is 10.2 Å². The Morgan fingerprint density at radius 2 is 1.46 bits per heavy atom. The molecule has 2 N–H and O–H groups in total. The van der Waals surface area contributed by atoms with Crippen LogP contribution >= 0.6 is 8.03 Å². The minimum absolute atomic E-state index is 0.426. The van der Waals surface area contributed by atoms with Gasteiger partial charge in [0, 0.05) is 12.7 Å². The minimum atomic E-state index is -2.29. The molecule has 1 aromatic carbocycles. The summed E-state index contributed by atoms with van der Waals surface area (Å²) in [5.41, 5.74) is 2.72. The first-order valence-corrected chi connectivity index (χ1v) is 11.3. The van der Waals surface area contributed by atoms with Crippen LogP contribution in [0.3, 0.4) is 0 Å². The van der Waals surface area contributed by atoms with Gasteiger partial charge in [0.15, 0.2) is 8.03 Å².